The van der Waals surface area contributed by atoms with Crippen LogP contribution in [-0.2, 0) is 29.0 Å². The topological polar surface area (TPSA) is 99.0 Å². The van der Waals surface area contributed by atoms with Crippen LogP contribution >= 0.6 is 0 Å². The number of carbonyl (C=O) groups excluding carboxylic acids is 1. The van der Waals surface area contributed by atoms with Crippen molar-refractivity contribution in [2.24, 2.45) is 0 Å². The molecule has 146 valence electrons. The van der Waals surface area contributed by atoms with Gasteiger partial charge in [0.05, 0.1) is 26.2 Å². The fourth-order valence-corrected chi connectivity index (χ4v) is 2.83. The first-order valence-electron chi connectivity index (χ1n) is 8.91. The maximum absolute atomic E-state index is 11.3. The highest BCUT2D eigenvalue weighted by atomic mass is 16.5. The summed E-state index contributed by atoms with van der Waals surface area (Å²) in [7, 11) is 1.38. The summed E-state index contributed by atoms with van der Waals surface area (Å²) in [6.07, 6.45) is 0.308. The van der Waals surface area contributed by atoms with Gasteiger partial charge in [0.15, 0.2) is 0 Å². The normalized spacial score (nSPS) is 13.2. The van der Waals surface area contributed by atoms with Crippen LogP contribution in [0.1, 0.15) is 35.3 Å². The number of rotatable bonds is 9. The molecule has 0 aromatic heterocycles. The monoisotopic (exact) mass is 373 g/mol. The molecule has 0 heterocycles. The number of ether oxygens (including phenoxy) is 1. The zero-order valence-corrected chi connectivity index (χ0v) is 15.7. The Morgan fingerprint density at radius 1 is 1.15 bits per heavy atom. The lowest BCUT2D eigenvalue weighted by atomic mass is 10.0. The number of aliphatic hydroxyl groups excluding tert-OH is 2. The maximum Gasteiger partial charge on any atom is 0.309 e. The predicted octanol–water partition coefficient (Wildman–Crippen LogP) is 1.85. The number of aromatic hydroxyl groups is 1. The fourth-order valence-electron chi connectivity index (χ4n) is 2.83. The Labute approximate surface area is 159 Å². The number of hydrogen-bond acceptors (Lipinski definition) is 6. The number of aliphatic hydroxyl groups is 2. The molecule has 0 unspecified atom stereocenters. The molecule has 0 radical (unpaired) electrons. The van der Waals surface area contributed by atoms with E-state index in [1.54, 1.807) is 12.1 Å². The molecule has 6 nitrogen and oxygen atoms in total. The highest BCUT2D eigenvalue weighted by Crippen LogP contribution is 2.22. The summed E-state index contributed by atoms with van der Waals surface area (Å²) in [5, 5.41) is 32.4. The van der Waals surface area contributed by atoms with Crippen LogP contribution in [0.2, 0.25) is 0 Å². The molecule has 0 saturated heterocycles. The molecule has 0 aliphatic rings. The number of methoxy groups -OCH3 is 1. The lowest BCUT2D eigenvalue weighted by Gasteiger charge is -2.18. The second-order valence-corrected chi connectivity index (χ2v) is 6.64. The summed E-state index contributed by atoms with van der Waals surface area (Å²) >= 11 is 0. The van der Waals surface area contributed by atoms with Gasteiger partial charge >= 0.3 is 5.97 Å². The minimum absolute atomic E-state index is 0.0189. The molecule has 2 aromatic rings. The molecule has 0 fully saturated rings. The van der Waals surface area contributed by atoms with Gasteiger partial charge in [-0.2, -0.15) is 0 Å². The first-order chi connectivity index (χ1) is 12.9. The molecule has 4 N–H and O–H groups in total. The van der Waals surface area contributed by atoms with Gasteiger partial charge in [-0.25, -0.2) is 0 Å². The minimum Gasteiger partial charge on any atom is -0.508 e. The van der Waals surface area contributed by atoms with E-state index in [9.17, 15) is 20.1 Å². The van der Waals surface area contributed by atoms with E-state index in [0.29, 0.717) is 17.7 Å². The number of esters is 1. The predicted molar refractivity (Wildman–Crippen MR) is 102 cm³/mol. The van der Waals surface area contributed by atoms with Crippen LogP contribution in [-0.4, -0.2) is 41.0 Å². The van der Waals surface area contributed by atoms with Gasteiger partial charge < -0.3 is 25.4 Å². The molecule has 2 atom stereocenters. The zero-order chi connectivity index (χ0) is 19.8. The SMILES string of the molecule is COC(=O)Cc1ccc(C[C@@H](C)NC[C@H](O)c2ccc(O)c(CO)c2)cc1. The molecule has 0 spiro atoms. The maximum atomic E-state index is 11.3. The van der Waals surface area contributed by atoms with Crippen molar-refractivity contribution in [3.63, 3.8) is 0 Å². The third kappa shape index (κ3) is 6.36. The van der Waals surface area contributed by atoms with Crippen LogP contribution < -0.4 is 5.32 Å². The third-order valence-electron chi connectivity index (χ3n) is 4.46. The summed E-state index contributed by atoms with van der Waals surface area (Å²) in [5.41, 5.74) is 3.08. The van der Waals surface area contributed by atoms with Gasteiger partial charge in [-0.05, 0) is 42.2 Å². The first-order valence-corrected chi connectivity index (χ1v) is 8.91. The molecule has 0 bridgehead atoms. The van der Waals surface area contributed by atoms with E-state index in [4.69, 9.17) is 0 Å². The van der Waals surface area contributed by atoms with E-state index in [1.165, 1.54) is 13.2 Å². The van der Waals surface area contributed by atoms with E-state index in [1.807, 2.05) is 31.2 Å². The summed E-state index contributed by atoms with van der Waals surface area (Å²) in [4.78, 5) is 11.3. The molecule has 0 saturated carbocycles. The largest absolute Gasteiger partial charge is 0.508 e. The van der Waals surface area contributed by atoms with Gasteiger partial charge in [0.2, 0.25) is 0 Å². The summed E-state index contributed by atoms with van der Waals surface area (Å²) in [6, 6.07) is 12.7. The standard InChI is InChI=1S/C21H27NO5/c1-14(9-15-3-5-16(6-4-15)10-21(26)27-2)22-12-20(25)17-7-8-19(24)18(11-17)13-23/h3-8,11,14,20,22-25H,9-10,12-13H2,1-2H3/t14-,20+/m1/s1. The Balaban J connectivity index is 1.85. The average molecular weight is 373 g/mol. The van der Waals surface area contributed by atoms with Crippen molar-refractivity contribution >= 4 is 5.97 Å². The van der Waals surface area contributed by atoms with Crippen molar-refractivity contribution in [3.05, 3.63) is 64.7 Å². The Morgan fingerprint density at radius 3 is 2.44 bits per heavy atom. The summed E-state index contributed by atoms with van der Waals surface area (Å²) in [6.45, 7) is 2.12. The van der Waals surface area contributed by atoms with Gasteiger partial charge in [-0.1, -0.05) is 30.3 Å². The lowest BCUT2D eigenvalue weighted by Crippen LogP contribution is -2.32. The second-order valence-electron chi connectivity index (χ2n) is 6.64. The molecule has 27 heavy (non-hydrogen) atoms. The minimum atomic E-state index is -0.735. The van der Waals surface area contributed by atoms with E-state index in [2.05, 4.69) is 10.1 Å². The Kier molecular flexibility index (Phi) is 7.79. The molecular formula is C21H27NO5. The lowest BCUT2D eigenvalue weighted by molar-refractivity contribution is -0.139. The molecule has 0 aliphatic carbocycles. The van der Waals surface area contributed by atoms with E-state index in [-0.39, 0.29) is 30.8 Å². The van der Waals surface area contributed by atoms with Crippen LogP contribution in [0.5, 0.6) is 5.75 Å². The summed E-state index contributed by atoms with van der Waals surface area (Å²) < 4.78 is 4.66. The molecule has 2 aromatic carbocycles. The first kappa shape index (κ1) is 20.9. The van der Waals surface area contributed by atoms with Gasteiger partial charge in [-0.15, -0.1) is 0 Å². The molecule has 6 heteroatoms. The molecule has 2 rings (SSSR count). The van der Waals surface area contributed by atoms with Gasteiger partial charge in [-0.3, -0.25) is 4.79 Å². The van der Waals surface area contributed by atoms with Crippen LogP contribution in [0, 0.1) is 0 Å². The Morgan fingerprint density at radius 2 is 1.81 bits per heavy atom. The Hall–Kier alpha value is -2.41. The average Bonchev–Trinajstić information content (AvgIpc) is 2.67. The van der Waals surface area contributed by atoms with Crippen LogP contribution in [0.15, 0.2) is 42.5 Å². The van der Waals surface area contributed by atoms with Crippen LogP contribution in [0.4, 0.5) is 0 Å². The van der Waals surface area contributed by atoms with Gasteiger partial charge in [0.25, 0.3) is 0 Å². The highest BCUT2D eigenvalue weighted by Gasteiger charge is 2.12. The molecule has 0 aliphatic heterocycles. The van der Waals surface area contributed by atoms with Gasteiger partial charge in [0, 0.05) is 18.2 Å². The van der Waals surface area contributed by atoms with Crippen molar-refractivity contribution in [1.82, 2.24) is 5.32 Å². The van der Waals surface area contributed by atoms with Crippen molar-refractivity contribution in [1.29, 1.82) is 0 Å². The van der Waals surface area contributed by atoms with Crippen LogP contribution in [0.25, 0.3) is 0 Å². The van der Waals surface area contributed by atoms with E-state index in [0.717, 1.165) is 17.5 Å². The van der Waals surface area contributed by atoms with Crippen molar-refractivity contribution in [2.75, 3.05) is 13.7 Å². The third-order valence-corrected chi connectivity index (χ3v) is 4.46. The van der Waals surface area contributed by atoms with Crippen molar-refractivity contribution in [2.45, 2.75) is 38.5 Å². The number of phenols is 1. The number of nitrogens with one attached hydrogen (secondary N) is 1. The van der Waals surface area contributed by atoms with Crippen LogP contribution in [0.3, 0.4) is 0 Å². The number of hydrogen-bond donors (Lipinski definition) is 4. The quantitative estimate of drug-likeness (QED) is 0.501. The zero-order valence-electron chi connectivity index (χ0n) is 15.7. The highest BCUT2D eigenvalue weighted by molar-refractivity contribution is 5.72. The summed E-state index contributed by atoms with van der Waals surface area (Å²) in [5.74, 6) is -0.240. The van der Waals surface area contributed by atoms with E-state index < -0.39 is 6.10 Å². The van der Waals surface area contributed by atoms with Crippen molar-refractivity contribution in [3.8, 4) is 5.75 Å². The number of benzene rings is 2. The Bertz CT molecular complexity index is 745. The van der Waals surface area contributed by atoms with Gasteiger partial charge in [0.1, 0.15) is 5.75 Å². The fraction of sp³-hybridized carbons (Fsp3) is 0.381. The second kappa shape index (κ2) is 10.1. The molecular weight excluding hydrogens is 346 g/mol. The smallest absolute Gasteiger partial charge is 0.309 e. The van der Waals surface area contributed by atoms with Crippen molar-refractivity contribution < 1.29 is 24.9 Å². The molecule has 0 amide bonds. The number of carbonyl (C=O) groups is 1. The van der Waals surface area contributed by atoms with E-state index >= 15 is 0 Å².